The van der Waals surface area contributed by atoms with Crippen LogP contribution < -0.4 is 19.6 Å². The number of hydrogen-bond acceptors (Lipinski definition) is 5. The van der Waals surface area contributed by atoms with Crippen molar-refractivity contribution in [2.75, 3.05) is 7.11 Å². The summed E-state index contributed by atoms with van der Waals surface area (Å²) in [5.74, 6) is 0.565. The molecule has 1 atom stereocenters. The monoisotopic (exact) mass is 472 g/mol. The fourth-order valence-electron chi connectivity index (χ4n) is 3.63. The number of nitrogens with zero attached hydrogens (tertiary/aromatic N) is 2. The highest BCUT2D eigenvalue weighted by atomic mass is 35.5. The molecule has 0 N–H and O–H groups in total. The first-order valence-electron chi connectivity index (χ1n) is 9.42. The molecule has 158 valence electrons. The first-order valence-corrected chi connectivity index (χ1v) is 11.0. The van der Waals surface area contributed by atoms with Crippen LogP contribution in [0.4, 0.5) is 0 Å². The third-order valence-electron chi connectivity index (χ3n) is 5.08. The maximum atomic E-state index is 13.4. The molecule has 0 spiro atoms. The Morgan fingerprint density at radius 1 is 1.19 bits per heavy atom. The first kappa shape index (κ1) is 21.6. The van der Waals surface area contributed by atoms with Gasteiger partial charge in [-0.1, -0.05) is 52.7 Å². The SMILES string of the molecule is COc1ccc([C@H]2C(C(C)=O)=C(C)N=c3s/c(=C/c4ccc(Cl)cc4Cl)c(=O)n32)cc1. The molecule has 8 heteroatoms. The van der Waals surface area contributed by atoms with Gasteiger partial charge in [0.1, 0.15) is 5.75 Å². The normalized spacial score (nSPS) is 16.2. The Labute approximate surface area is 192 Å². The summed E-state index contributed by atoms with van der Waals surface area (Å²) in [6, 6.07) is 11.9. The van der Waals surface area contributed by atoms with Crippen LogP contribution in [0.15, 0.2) is 63.5 Å². The maximum Gasteiger partial charge on any atom is 0.271 e. The molecule has 0 bridgehead atoms. The topological polar surface area (TPSA) is 60.7 Å². The molecule has 3 aromatic rings. The Hall–Kier alpha value is -2.67. The van der Waals surface area contributed by atoms with Gasteiger partial charge in [0.05, 0.1) is 17.7 Å². The van der Waals surface area contributed by atoms with Gasteiger partial charge in [0.15, 0.2) is 10.6 Å². The molecule has 5 nitrogen and oxygen atoms in total. The molecular formula is C23H18Cl2N2O3S. The quantitative estimate of drug-likeness (QED) is 0.573. The van der Waals surface area contributed by atoms with Gasteiger partial charge in [-0.05, 0) is 55.3 Å². The number of benzene rings is 2. The lowest BCUT2D eigenvalue weighted by molar-refractivity contribution is -0.114. The summed E-state index contributed by atoms with van der Waals surface area (Å²) >= 11 is 13.5. The Balaban J connectivity index is 1.96. The number of ether oxygens (including phenoxy) is 1. The molecule has 0 unspecified atom stereocenters. The molecule has 1 aliphatic rings. The standard InChI is InChI=1S/C23H18Cl2N2O3S/c1-12-20(13(2)28)21(14-5-8-17(30-3)9-6-14)27-22(29)19(31-23(27)26-12)10-15-4-7-16(24)11-18(15)25/h4-11,21H,1-3H3/b19-10+/t21-/m0/s1. The summed E-state index contributed by atoms with van der Waals surface area (Å²) in [6.45, 7) is 3.29. The van der Waals surface area contributed by atoms with Gasteiger partial charge in [-0.25, -0.2) is 4.99 Å². The number of allylic oxidation sites excluding steroid dienone is 2. The van der Waals surface area contributed by atoms with E-state index in [2.05, 4.69) is 4.99 Å². The molecule has 31 heavy (non-hydrogen) atoms. The Bertz CT molecular complexity index is 1400. The van der Waals surface area contributed by atoms with Crippen LogP contribution in [0.25, 0.3) is 6.08 Å². The summed E-state index contributed by atoms with van der Waals surface area (Å²) in [4.78, 5) is 31.0. The van der Waals surface area contributed by atoms with E-state index in [-0.39, 0.29) is 11.3 Å². The minimum absolute atomic E-state index is 0.128. The fourth-order valence-corrected chi connectivity index (χ4v) is 5.13. The predicted molar refractivity (Wildman–Crippen MR) is 124 cm³/mol. The smallest absolute Gasteiger partial charge is 0.271 e. The fraction of sp³-hybridized carbons (Fsp3) is 0.174. The van der Waals surface area contributed by atoms with E-state index < -0.39 is 6.04 Å². The van der Waals surface area contributed by atoms with Gasteiger partial charge >= 0.3 is 0 Å². The molecule has 0 aliphatic carbocycles. The van der Waals surface area contributed by atoms with Crippen LogP contribution >= 0.6 is 34.5 Å². The molecule has 2 heterocycles. The van der Waals surface area contributed by atoms with Crippen LogP contribution in [0.2, 0.25) is 10.0 Å². The van der Waals surface area contributed by atoms with Gasteiger partial charge in [0.25, 0.3) is 5.56 Å². The van der Waals surface area contributed by atoms with E-state index >= 15 is 0 Å². The molecule has 4 rings (SSSR count). The number of carbonyl (C=O) groups excluding carboxylic acids is 1. The van der Waals surface area contributed by atoms with E-state index in [0.717, 1.165) is 5.56 Å². The summed E-state index contributed by atoms with van der Waals surface area (Å²) in [7, 11) is 1.59. The zero-order chi connectivity index (χ0) is 22.3. The number of fused-ring (bicyclic) bond motifs is 1. The molecule has 1 aromatic heterocycles. The number of aromatic nitrogens is 1. The third-order valence-corrected chi connectivity index (χ3v) is 6.63. The van der Waals surface area contributed by atoms with Gasteiger partial charge in [0.2, 0.25) is 0 Å². The number of thiazole rings is 1. The maximum absolute atomic E-state index is 13.4. The molecule has 1 aliphatic heterocycles. The summed E-state index contributed by atoms with van der Waals surface area (Å²) in [5.41, 5.74) is 2.35. The number of carbonyl (C=O) groups is 1. The molecule has 0 amide bonds. The average molecular weight is 473 g/mol. The van der Waals surface area contributed by atoms with Crippen molar-refractivity contribution in [3.63, 3.8) is 0 Å². The molecule has 0 saturated heterocycles. The van der Waals surface area contributed by atoms with Crippen LogP contribution in [0.5, 0.6) is 5.75 Å². The van der Waals surface area contributed by atoms with Crippen molar-refractivity contribution in [1.82, 2.24) is 4.57 Å². The zero-order valence-electron chi connectivity index (χ0n) is 17.0. The minimum atomic E-state index is -0.567. The highest BCUT2D eigenvalue weighted by molar-refractivity contribution is 7.07. The van der Waals surface area contributed by atoms with Crippen molar-refractivity contribution in [2.45, 2.75) is 19.9 Å². The van der Waals surface area contributed by atoms with Crippen molar-refractivity contribution in [1.29, 1.82) is 0 Å². The van der Waals surface area contributed by atoms with E-state index in [0.29, 0.717) is 42.0 Å². The van der Waals surface area contributed by atoms with E-state index in [1.165, 1.54) is 18.3 Å². The van der Waals surface area contributed by atoms with Gasteiger partial charge in [0, 0.05) is 21.3 Å². The van der Waals surface area contributed by atoms with Crippen molar-refractivity contribution in [2.24, 2.45) is 4.99 Å². The molecule has 0 saturated carbocycles. The lowest BCUT2D eigenvalue weighted by Gasteiger charge is -2.24. The molecule has 0 fully saturated rings. The Morgan fingerprint density at radius 2 is 1.90 bits per heavy atom. The van der Waals surface area contributed by atoms with Crippen molar-refractivity contribution in [3.8, 4) is 5.75 Å². The van der Waals surface area contributed by atoms with E-state index in [1.54, 1.807) is 42.9 Å². The summed E-state index contributed by atoms with van der Waals surface area (Å²) in [5, 5.41) is 0.968. The largest absolute Gasteiger partial charge is 0.497 e. The second kappa shape index (κ2) is 8.46. The second-order valence-electron chi connectivity index (χ2n) is 7.08. The van der Waals surface area contributed by atoms with E-state index in [9.17, 15) is 9.59 Å². The van der Waals surface area contributed by atoms with Crippen LogP contribution in [-0.4, -0.2) is 17.5 Å². The van der Waals surface area contributed by atoms with Crippen molar-refractivity contribution < 1.29 is 9.53 Å². The number of hydrogen-bond donors (Lipinski definition) is 0. The van der Waals surface area contributed by atoms with Crippen LogP contribution in [-0.2, 0) is 4.79 Å². The first-order chi connectivity index (χ1) is 14.8. The van der Waals surface area contributed by atoms with Crippen molar-refractivity contribution in [3.05, 3.63) is 94.6 Å². The predicted octanol–water partition coefficient (Wildman–Crippen LogP) is 4.14. The third kappa shape index (κ3) is 3.99. The second-order valence-corrected chi connectivity index (χ2v) is 8.93. The van der Waals surface area contributed by atoms with Gasteiger partial charge in [-0.15, -0.1) is 0 Å². The average Bonchev–Trinajstić information content (AvgIpc) is 3.03. The lowest BCUT2D eigenvalue weighted by atomic mass is 9.93. The number of ketones is 1. The van der Waals surface area contributed by atoms with E-state index in [4.69, 9.17) is 27.9 Å². The van der Waals surface area contributed by atoms with Crippen LogP contribution in [0.1, 0.15) is 31.0 Å². The summed E-state index contributed by atoms with van der Waals surface area (Å²) < 4.78 is 7.29. The molecular weight excluding hydrogens is 455 g/mol. The van der Waals surface area contributed by atoms with Gasteiger partial charge in [-0.3, -0.25) is 14.2 Å². The molecule has 0 radical (unpaired) electrons. The highest BCUT2D eigenvalue weighted by Crippen LogP contribution is 2.31. The van der Waals surface area contributed by atoms with Crippen LogP contribution in [0.3, 0.4) is 0 Å². The van der Waals surface area contributed by atoms with Gasteiger partial charge in [-0.2, -0.15) is 0 Å². The van der Waals surface area contributed by atoms with Crippen molar-refractivity contribution >= 4 is 46.4 Å². The zero-order valence-corrected chi connectivity index (χ0v) is 19.3. The Morgan fingerprint density at radius 3 is 2.52 bits per heavy atom. The minimum Gasteiger partial charge on any atom is -0.497 e. The lowest BCUT2D eigenvalue weighted by Crippen LogP contribution is -2.39. The summed E-state index contributed by atoms with van der Waals surface area (Å²) in [6.07, 6.45) is 1.72. The number of halogens is 2. The number of Topliss-reactive ketones (excluding diaryl/α,β-unsaturated/α-hetero) is 1. The van der Waals surface area contributed by atoms with Gasteiger partial charge < -0.3 is 4.74 Å². The highest BCUT2D eigenvalue weighted by Gasteiger charge is 2.30. The Kier molecular flexibility index (Phi) is 5.88. The van der Waals surface area contributed by atoms with E-state index in [1.807, 2.05) is 24.3 Å². The molecule has 2 aromatic carbocycles. The number of methoxy groups -OCH3 is 1. The number of rotatable bonds is 4. The van der Waals surface area contributed by atoms with Crippen LogP contribution in [0, 0.1) is 0 Å².